The highest BCUT2D eigenvalue weighted by atomic mass is 79.9. The molecule has 0 unspecified atom stereocenters. The van der Waals surface area contributed by atoms with E-state index in [2.05, 4.69) is 26.1 Å². The van der Waals surface area contributed by atoms with Gasteiger partial charge in [0.25, 0.3) is 0 Å². The van der Waals surface area contributed by atoms with Crippen LogP contribution < -0.4 is 5.32 Å². The van der Waals surface area contributed by atoms with Crippen molar-refractivity contribution < 1.29 is 9.50 Å². The Kier molecular flexibility index (Phi) is 4.59. The molecule has 2 rings (SSSR count). The van der Waals surface area contributed by atoms with Gasteiger partial charge in [-0.2, -0.15) is 0 Å². The summed E-state index contributed by atoms with van der Waals surface area (Å²) in [6, 6.07) is 1.32. The first kappa shape index (κ1) is 13.8. The van der Waals surface area contributed by atoms with Crippen LogP contribution in [-0.4, -0.2) is 42.7 Å². The Bertz CT molecular complexity index is 407. The van der Waals surface area contributed by atoms with Crippen molar-refractivity contribution in [2.24, 2.45) is 0 Å². The summed E-state index contributed by atoms with van der Waals surface area (Å²) in [6.07, 6.45) is 0.675. The molecule has 3 nitrogen and oxygen atoms in total. The van der Waals surface area contributed by atoms with Crippen LogP contribution in [0.3, 0.4) is 0 Å². The number of rotatable bonds is 3. The molecule has 0 atom stereocenters. The summed E-state index contributed by atoms with van der Waals surface area (Å²) in [6.45, 7) is 6.77. The van der Waals surface area contributed by atoms with Gasteiger partial charge in [-0.3, -0.25) is 0 Å². The molecular formula is C13H18BrFN2O. The largest absolute Gasteiger partial charge is 0.505 e. The van der Waals surface area contributed by atoms with E-state index in [1.165, 1.54) is 6.07 Å². The van der Waals surface area contributed by atoms with E-state index in [9.17, 15) is 9.50 Å². The molecule has 18 heavy (non-hydrogen) atoms. The Hall–Kier alpha value is -0.650. The lowest BCUT2D eigenvalue weighted by atomic mass is 10.0. The highest BCUT2D eigenvalue weighted by Gasteiger charge is 2.16. The minimum Gasteiger partial charge on any atom is -0.505 e. The zero-order chi connectivity index (χ0) is 13.1. The second kappa shape index (κ2) is 5.99. The van der Waals surface area contributed by atoms with Gasteiger partial charge in [-0.1, -0.05) is 15.9 Å². The van der Waals surface area contributed by atoms with Crippen molar-refractivity contribution >= 4 is 15.9 Å². The molecule has 1 heterocycles. The summed E-state index contributed by atoms with van der Waals surface area (Å²) < 4.78 is 14.2. The second-order valence-corrected chi connectivity index (χ2v) is 5.49. The monoisotopic (exact) mass is 316 g/mol. The number of piperazine rings is 1. The van der Waals surface area contributed by atoms with E-state index in [0.29, 0.717) is 16.5 Å². The fourth-order valence-corrected chi connectivity index (χ4v) is 2.70. The van der Waals surface area contributed by atoms with E-state index in [1.54, 1.807) is 0 Å². The average molecular weight is 317 g/mol. The van der Waals surface area contributed by atoms with Gasteiger partial charge in [0.05, 0.1) is 0 Å². The fraction of sp³-hybridized carbons (Fsp3) is 0.538. The Balaban J connectivity index is 2.08. The van der Waals surface area contributed by atoms with E-state index >= 15 is 0 Å². The molecule has 0 bridgehead atoms. The lowest BCUT2D eigenvalue weighted by Gasteiger charge is -2.27. The smallest absolute Gasteiger partial charge is 0.166 e. The van der Waals surface area contributed by atoms with E-state index in [4.69, 9.17) is 0 Å². The third-order valence-corrected chi connectivity index (χ3v) is 4.29. The Morgan fingerprint density at radius 1 is 1.44 bits per heavy atom. The lowest BCUT2D eigenvalue weighted by molar-refractivity contribution is 0.243. The van der Waals surface area contributed by atoms with Gasteiger partial charge in [0, 0.05) is 42.8 Å². The minimum atomic E-state index is -0.553. The Morgan fingerprint density at radius 3 is 2.78 bits per heavy atom. The molecule has 0 aliphatic carbocycles. The summed E-state index contributed by atoms with van der Waals surface area (Å²) in [5, 5.41) is 13.1. The standard InChI is InChI=1S/C13H18BrFN2O/c1-9-10(13(18)12(15)8-11(9)14)2-5-17-6-3-16-4-7-17/h8,16,18H,2-7H2,1H3. The topological polar surface area (TPSA) is 35.5 Å². The third kappa shape index (κ3) is 3.02. The number of benzene rings is 1. The van der Waals surface area contributed by atoms with E-state index in [0.717, 1.165) is 38.3 Å². The second-order valence-electron chi connectivity index (χ2n) is 4.63. The molecular weight excluding hydrogens is 299 g/mol. The predicted molar refractivity (Wildman–Crippen MR) is 73.5 cm³/mol. The maximum Gasteiger partial charge on any atom is 0.166 e. The zero-order valence-corrected chi connectivity index (χ0v) is 12.1. The number of nitrogens with zero attached hydrogens (tertiary/aromatic N) is 1. The van der Waals surface area contributed by atoms with Crippen molar-refractivity contribution in [3.8, 4) is 5.75 Å². The third-order valence-electron chi connectivity index (χ3n) is 3.46. The maximum atomic E-state index is 13.5. The molecule has 0 aromatic heterocycles. The maximum absolute atomic E-state index is 13.5. The highest BCUT2D eigenvalue weighted by molar-refractivity contribution is 9.10. The lowest BCUT2D eigenvalue weighted by Crippen LogP contribution is -2.44. The van der Waals surface area contributed by atoms with E-state index < -0.39 is 5.82 Å². The number of hydrogen-bond acceptors (Lipinski definition) is 3. The predicted octanol–water partition coefficient (Wildman–Crippen LogP) is 2.05. The van der Waals surface area contributed by atoms with E-state index in [-0.39, 0.29) is 5.75 Å². The van der Waals surface area contributed by atoms with Crippen LogP contribution in [0.15, 0.2) is 10.5 Å². The van der Waals surface area contributed by atoms with Gasteiger partial charge < -0.3 is 15.3 Å². The van der Waals surface area contributed by atoms with Crippen LogP contribution in [-0.2, 0) is 6.42 Å². The van der Waals surface area contributed by atoms with Gasteiger partial charge >= 0.3 is 0 Å². The highest BCUT2D eigenvalue weighted by Crippen LogP contribution is 2.31. The Labute approximate surface area is 115 Å². The van der Waals surface area contributed by atoms with Crippen molar-refractivity contribution in [1.29, 1.82) is 0 Å². The van der Waals surface area contributed by atoms with Gasteiger partial charge in [0.2, 0.25) is 0 Å². The van der Waals surface area contributed by atoms with Crippen LogP contribution in [0.1, 0.15) is 11.1 Å². The number of phenolic OH excluding ortho intramolecular Hbond substituents is 1. The van der Waals surface area contributed by atoms with Gasteiger partial charge in [-0.15, -0.1) is 0 Å². The summed E-state index contributed by atoms with van der Waals surface area (Å²) >= 11 is 3.32. The molecule has 1 aromatic rings. The number of aromatic hydroxyl groups is 1. The summed E-state index contributed by atoms with van der Waals surface area (Å²) in [5.41, 5.74) is 1.63. The number of hydrogen-bond donors (Lipinski definition) is 2. The zero-order valence-electron chi connectivity index (χ0n) is 10.5. The molecule has 0 spiro atoms. The summed E-state index contributed by atoms with van der Waals surface area (Å²) in [4.78, 5) is 2.33. The fourth-order valence-electron chi connectivity index (χ4n) is 2.26. The average Bonchev–Trinajstić information content (AvgIpc) is 2.38. The Morgan fingerprint density at radius 2 is 2.11 bits per heavy atom. The normalized spacial score (nSPS) is 17.1. The molecule has 2 N–H and O–H groups in total. The van der Waals surface area contributed by atoms with Gasteiger partial charge in [0.1, 0.15) is 0 Å². The van der Waals surface area contributed by atoms with Crippen molar-refractivity contribution in [3.63, 3.8) is 0 Å². The SMILES string of the molecule is Cc1c(Br)cc(F)c(O)c1CCN1CCNCC1. The first-order valence-electron chi connectivity index (χ1n) is 6.19. The van der Waals surface area contributed by atoms with Gasteiger partial charge in [-0.05, 0) is 25.0 Å². The van der Waals surface area contributed by atoms with Crippen LogP contribution in [0.4, 0.5) is 4.39 Å². The molecule has 1 saturated heterocycles. The molecule has 1 aromatic carbocycles. The van der Waals surface area contributed by atoms with Crippen LogP contribution in [0.2, 0.25) is 0 Å². The summed E-state index contributed by atoms with van der Waals surface area (Å²) in [5.74, 6) is -0.756. The molecule has 5 heteroatoms. The van der Waals surface area contributed by atoms with Crippen molar-refractivity contribution in [3.05, 3.63) is 27.5 Å². The number of phenols is 1. The molecule has 1 fully saturated rings. The van der Waals surface area contributed by atoms with Gasteiger partial charge in [-0.25, -0.2) is 4.39 Å². The first-order valence-corrected chi connectivity index (χ1v) is 6.98. The summed E-state index contributed by atoms with van der Waals surface area (Å²) in [7, 11) is 0. The van der Waals surface area contributed by atoms with Crippen molar-refractivity contribution in [2.75, 3.05) is 32.7 Å². The van der Waals surface area contributed by atoms with Crippen LogP contribution in [0, 0.1) is 12.7 Å². The molecule has 1 aliphatic rings. The van der Waals surface area contributed by atoms with Crippen LogP contribution in [0.25, 0.3) is 0 Å². The van der Waals surface area contributed by atoms with Gasteiger partial charge in [0.15, 0.2) is 11.6 Å². The molecule has 0 radical (unpaired) electrons. The first-order chi connectivity index (χ1) is 8.59. The van der Waals surface area contributed by atoms with Crippen LogP contribution >= 0.6 is 15.9 Å². The molecule has 0 saturated carbocycles. The minimum absolute atomic E-state index is 0.203. The molecule has 1 aliphatic heterocycles. The van der Waals surface area contributed by atoms with Crippen LogP contribution in [0.5, 0.6) is 5.75 Å². The number of nitrogens with one attached hydrogen (secondary N) is 1. The van der Waals surface area contributed by atoms with Crippen molar-refractivity contribution in [2.45, 2.75) is 13.3 Å². The molecule has 100 valence electrons. The van der Waals surface area contributed by atoms with Crippen molar-refractivity contribution in [1.82, 2.24) is 10.2 Å². The van der Waals surface area contributed by atoms with E-state index in [1.807, 2.05) is 6.92 Å². The molecule has 0 amide bonds. The quantitative estimate of drug-likeness (QED) is 0.896. The number of halogens is 2.